The second kappa shape index (κ2) is 5.12. The van der Waals surface area contributed by atoms with Gasteiger partial charge in [0.25, 0.3) is 0 Å². The maximum atomic E-state index is 12.0. The van der Waals surface area contributed by atoms with Crippen molar-refractivity contribution < 1.29 is 4.79 Å². The predicted octanol–water partition coefficient (Wildman–Crippen LogP) is 1.40. The van der Waals surface area contributed by atoms with Crippen LogP contribution in [0.3, 0.4) is 0 Å². The van der Waals surface area contributed by atoms with Gasteiger partial charge in [0, 0.05) is 19.6 Å². The fourth-order valence-corrected chi connectivity index (χ4v) is 2.07. The molecule has 1 aromatic carbocycles. The second-order valence-corrected chi connectivity index (χ2v) is 4.16. The molecule has 1 aliphatic rings. The number of carbonyl (C=O) groups excluding carboxylic acids is 1. The van der Waals surface area contributed by atoms with Crippen molar-refractivity contribution in [3.05, 3.63) is 35.9 Å². The van der Waals surface area contributed by atoms with Crippen molar-refractivity contribution in [3.8, 4) is 0 Å². The molecule has 0 spiro atoms. The first-order chi connectivity index (χ1) is 7.81. The molecule has 0 radical (unpaired) electrons. The molecule has 2 rings (SSSR count). The standard InChI is InChI=1S/C13H18N2O/c1-2-12-13(16)15(9-8-14-12)10-11-6-4-3-5-7-11/h3-7,12,14H,2,8-10H2,1H3. The van der Waals surface area contributed by atoms with Gasteiger partial charge in [0.05, 0.1) is 6.04 Å². The molecule has 1 N–H and O–H groups in total. The Morgan fingerprint density at radius 1 is 1.38 bits per heavy atom. The highest BCUT2D eigenvalue weighted by Gasteiger charge is 2.26. The number of nitrogens with zero attached hydrogens (tertiary/aromatic N) is 1. The maximum absolute atomic E-state index is 12.0. The van der Waals surface area contributed by atoms with Crippen molar-refractivity contribution in [3.63, 3.8) is 0 Å². The van der Waals surface area contributed by atoms with Gasteiger partial charge in [-0.3, -0.25) is 4.79 Å². The lowest BCUT2D eigenvalue weighted by atomic mass is 10.1. The van der Waals surface area contributed by atoms with Gasteiger partial charge < -0.3 is 10.2 Å². The van der Waals surface area contributed by atoms with Crippen LogP contribution in [0.25, 0.3) is 0 Å². The number of amides is 1. The molecular formula is C13H18N2O. The van der Waals surface area contributed by atoms with Gasteiger partial charge in [0.1, 0.15) is 0 Å². The van der Waals surface area contributed by atoms with E-state index in [1.165, 1.54) is 5.56 Å². The number of hydrogen-bond donors (Lipinski definition) is 1. The monoisotopic (exact) mass is 218 g/mol. The minimum atomic E-state index is 0.0115. The Bertz CT molecular complexity index is 350. The molecule has 1 atom stereocenters. The molecule has 16 heavy (non-hydrogen) atoms. The number of nitrogens with one attached hydrogen (secondary N) is 1. The predicted molar refractivity (Wildman–Crippen MR) is 63.9 cm³/mol. The summed E-state index contributed by atoms with van der Waals surface area (Å²) in [5.41, 5.74) is 1.20. The summed E-state index contributed by atoms with van der Waals surface area (Å²) in [5.74, 6) is 0.234. The minimum Gasteiger partial charge on any atom is -0.336 e. The van der Waals surface area contributed by atoms with Crippen molar-refractivity contribution >= 4 is 5.91 Å². The molecule has 1 fully saturated rings. The maximum Gasteiger partial charge on any atom is 0.240 e. The van der Waals surface area contributed by atoms with Gasteiger partial charge in [-0.05, 0) is 12.0 Å². The number of rotatable bonds is 3. The van der Waals surface area contributed by atoms with Crippen LogP contribution >= 0.6 is 0 Å². The Morgan fingerprint density at radius 3 is 2.81 bits per heavy atom. The molecule has 1 heterocycles. The van der Waals surface area contributed by atoms with Gasteiger partial charge in [-0.25, -0.2) is 0 Å². The van der Waals surface area contributed by atoms with Crippen LogP contribution in [0.4, 0.5) is 0 Å². The van der Waals surface area contributed by atoms with Crippen molar-refractivity contribution in [2.75, 3.05) is 13.1 Å². The topological polar surface area (TPSA) is 32.3 Å². The van der Waals surface area contributed by atoms with E-state index in [0.717, 1.165) is 26.1 Å². The van der Waals surface area contributed by atoms with Gasteiger partial charge >= 0.3 is 0 Å². The van der Waals surface area contributed by atoms with Crippen LogP contribution < -0.4 is 5.32 Å². The summed E-state index contributed by atoms with van der Waals surface area (Å²) in [7, 11) is 0. The summed E-state index contributed by atoms with van der Waals surface area (Å²) in [5, 5.41) is 3.24. The van der Waals surface area contributed by atoms with Crippen molar-refractivity contribution in [2.24, 2.45) is 0 Å². The number of benzene rings is 1. The van der Waals surface area contributed by atoms with Crippen LogP contribution in [0.15, 0.2) is 30.3 Å². The van der Waals surface area contributed by atoms with E-state index in [9.17, 15) is 4.79 Å². The number of hydrogen-bond acceptors (Lipinski definition) is 2. The fraction of sp³-hybridized carbons (Fsp3) is 0.462. The van der Waals surface area contributed by atoms with Crippen LogP contribution in [0, 0.1) is 0 Å². The fourth-order valence-electron chi connectivity index (χ4n) is 2.07. The van der Waals surface area contributed by atoms with Crippen LogP contribution in [0.1, 0.15) is 18.9 Å². The largest absolute Gasteiger partial charge is 0.336 e. The summed E-state index contributed by atoms with van der Waals surface area (Å²) in [6, 6.07) is 10.2. The smallest absolute Gasteiger partial charge is 0.240 e. The van der Waals surface area contributed by atoms with E-state index in [1.54, 1.807) is 0 Å². The molecule has 86 valence electrons. The average molecular weight is 218 g/mol. The molecule has 0 saturated carbocycles. The Kier molecular flexibility index (Phi) is 3.57. The molecule has 1 aliphatic heterocycles. The van der Waals surface area contributed by atoms with Gasteiger partial charge in [-0.2, -0.15) is 0 Å². The van der Waals surface area contributed by atoms with Crippen LogP contribution in [0.2, 0.25) is 0 Å². The molecule has 0 bridgehead atoms. The van der Waals surface area contributed by atoms with E-state index in [2.05, 4.69) is 17.4 Å². The number of piperazine rings is 1. The van der Waals surface area contributed by atoms with E-state index in [0.29, 0.717) is 0 Å². The van der Waals surface area contributed by atoms with Crippen LogP contribution in [0.5, 0.6) is 0 Å². The lowest BCUT2D eigenvalue weighted by Crippen LogP contribution is -2.54. The molecule has 0 aliphatic carbocycles. The van der Waals surface area contributed by atoms with E-state index in [1.807, 2.05) is 30.0 Å². The first-order valence-electron chi connectivity index (χ1n) is 5.87. The van der Waals surface area contributed by atoms with Gasteiger partial charge in [0.2, 0.25) is 5.91 Å². The summed E-state index contributed by atoms with van der Waals surface area (Å²) in [6.45, 7) is 4.49. The van der Waals surface area contributed by atoms with E-state index < -0.39 is 0 Å². The van der Waals surface area contributed by atoms with Crippen molar-refractivity contribution in [2.45, 2.75) is 25.9 Å². The molecule has 0 aromatic heterocycles. The molecule has 1 unspecified atom stereocenters. The summed E-state index contributed by atoms with van der Waals surface area (Å²) >= 11 is 0. The molecule has 3 heteroatoms. The third kappa shape index (κ3) is 2.42. The zero-order chi connectivity index (χ0) is 11.4. The first kappa shape index (κ1) is 11.1. The van der Waals surface area contributed by atoms with Gasteiger partial charge in [-0.15, -0.1) is 0 Å². The molecular weight excluding hydrogens is 200 g/mol. The Morgan fingerprint density at radius 2 is 2.12 bits per heavy atom. The highest BCUT2D eigenvalue weighted by atomic mass is 16.2. The van der Waals surface area contributed by atoms with Gasteiger partial charge in [-0.1, -0.05) is 37.3 Å². The second-order valence-electron chi connectivity index (χ2n) is 4.16. The van der Waals surface area contributed by atoms with Crippen LogP contribution in [-0.2, 0) is 11.3 Å². The highest BCUT2D eigenvalue weighted by Crippen LogP contribution is 2.10. The summed E-state index contributed by atoms with van der Waals surface area (Å²) < 4.78 is 0. The third-order valence-electron chi connectivity index (χ3n) is 3.01. The SMILES string of the molecule is CCC1NCCN(Cc2ccccc2)C1=O. The van der Waals surface area contributed by atoms with E-state index >= 15 is 0 Å². The van der Waals surface area contributed by atoms with Crippen LogP contribution in [-0.4, -0.2) is 29.9 Å². The van der Waals surface area contributed by atoms with Crippen molar-refractivity contribution in [1.29, 1.82) is 0 Å². The lowest BCUT2D eigenvalue weighted by molar-refractivity contribution is -0.136. The highest BCUT2D eigenvalue weighted by molar-refractivity contribution is 5.82. The zero-order valence-electron chi connectivity index (χ0n) is 9.65. The Labute approximate surface area is 96.5 Å². The zero-order valence-corrected chi connectivity index (χ0v) is 9.65. The van der Waals surface area contributed by atoms with Crippen molar-refractivity contribution in [1.82, 2.24) is 10.2 Å². The average Bonchev–Trinajstić information content (AvgIpc) is 2.33. The quantitative estimate of drug-likeness (QED) is 0.831. The van der Waals surface area contributed by atoms with E-state index in [4.69, 9.17) is 0 Å². The molecule has 1 aromatic rings. The normalized spacial score (nSPS) is 21.2. The summed E-state index contributed by atoms with van der Waals surface area (Å²) in [6.07, 6.45) is 0.865. The lowest BCUT2D eigenvalue weighted by Gasteiger charge is -2.32. The molecule has 3 nitrogen and oxygen atoms in total. The van der Waals surface area contributed by atoms with E-state index in [-0.39, 0.29) is 11.9 Å². The van der Waals surface area contributed by atoms with Gasteiger partial charge in [0.15, 0.2) is 0 Å². The molecule has 1 saturated heterocycles. The minimum absolute atomic E-state index is 0.0115. The number of carbonyl (C=O) groups is 1. The first-order valence-corrected chi connectivity index (χ1v) is 5.87. The Balaban J connectivity index is 2.02. The molecule has 1 amide bonds. The Hall–Kier alpha value is -1.35. The third-order valence-corrected chi connectivity index (χ3v) is 3.01. The summed E-state index contributed by atoms with van der Waals surface area (Å²) in [4.78, 5) is 14.0.